The van der Waals surface area contributed by atoms with Crippen molar-refractivity contribution in [2.75, 3.05) is 13.1 Å². The number of aromatic amines is 1. The minimum atomic E-state index is -0.273. The number of nitrogens with one attached hydrogen (secondary N) is 1. The third kappa shape index (κ3) is 4.40. The van der Waals surface area contributed by atoms with Crippen LogP contribution in [0.25, 0.3) is 22.0 Å². The van der Waals surface area contributed by atoms with E-state index in [-0.39, 0.29) is 11.9 Å². The van der Waals surface area contributed by atoms with Crippen LogP contribution >= 0.6 is 0 Å². The van der Waals surface area contributed by atoms with Crippen molar-refractivity contribution in [2.24, 2.45) is 11.5 Å². The number of amides is 1. The molecule has 3 rings (SSSR count). The average Bonchev–Trinajstić information content (AvgIpc) is 3.01. The summed E-state index contributed by atoms with van der Waals surface area (Å²) >= 11 is 0. The molecule has 5 nitrogen and oxygen atoms in total. The zero-order valence-electron chi connectivity index (χ0n) is 16.1. The van der Waals surface area contributed by atoms with Gasteiger partial charge < -0.3 is 21.4 Å². The number of aryl methyl sites for hydroxylation is 1. The first kappa shape index (κ1) is 20.0. The van der Waals surface area contributed by atoms with Gasteiger partial charge in [-0.2, -0.15) is 0 Å². The highest BCUT2D eigenvalue weighted by atomic mass is 19.1. The van der Waals surface area contributed by atoms with E-state index in [0.29, 0.717) is 19.6 Å². The van der Waals surface area contributed by atoms with Crippen molar-refractivity contribution in [1.82, 2.24) is 9.88 Å². The lowest BCUT2D eigenvalue weighted by molar-refractivity contribution is -0.118. The molecule has 1 unspecified atom stereocenters. The molecule has 1 heterocycles. The van der Waals surface area contributed by atoms with Gasteiger partial charge >= 0.3 is 0 Å². The number of nitrogens with zero attached hydrogens (tertiary/aromatic N) is 1. The number of carbonyl (C=O) groups excluding carboxylic acids is 1. The van der Waals surface area contributed by atoms with E-state index in [4.69, 9.17) is 11.5 Å². The summed E-state index contributed by atoms with van der Waals surface area (Å²) in [7, 11) is 0. The molecule has 1 atom stereocenters. The van der Waals surface area contributed by atoms with E-state index in [1.54, 1.807) is 17.0 Å². The predicted molar refractivity (Wildman–Crippen MR) is 111 cm³/mol. The molecule has 3 aromatic rings. The summed E-state index contributed by atoms with van der Waals surface area (Å²) in [6.07, 6.45) is 2.45. The minimum absolute atomic E-state index is 0.107. The quantitative estimate of drug-likeness (QED) is 0.496. The van der Waals surface area contributed by atoms with Crippen molar-refractivity contribution in [2.45, 2.75) is 32.4 Å². The Morgan fingerprint density at radius 1 is 1.25 bits per heavy atom. The van der Waals surface area contributed by atoms with Gasteiger partial charge in [0.05, 0.1) is 0 Å². The molecule has 2 aromatic carbocycles. The van der Waals surface area contributed by atoms with E-state index in [9.17, 15) is 9.18 Å². The van der Waals surface area contributed by atoms with Crippen molar-refractivity contribution < 1.29 is 9.18 Å². The largest absolute Gasteiger partial charge is 0.358 e. The highest BCUT2D eigenvalue weighted by Crippen LogP contribution is 2.35. The van der Waals surface area contributed by atoms with Crippen LogP contribution in [0, 0.1) is 12.7 Å². The summed E-state index contributed by atoms with van der Waals surface area (Å²) in [6.45, 7) is 3.48. The van der Waals surface area contributed by atoms with Crippen LogP contribution in [-0.4, -0.2) is 35.4 Å². The first-order valence-corrected chi connectivity index (χ1v) is 9.54. The molecule has 6 heteroatoms. The van der Waals surface area contributed by atoms with E-state index >= 15 is 0 Å². The molecule has 0 radical (unpaired) electrons. The van der Waals surface area contributed by atoms with Crippen LogP contribution in [0.5, 0.6) is 0 Å². The maximum Gasteiger partial charge on any atom is 0.210 e. The number of benzene rings is 2. The average molecular weight is 382 g/mol. The Labute approximate surface area is 164 Å². The maximum atomic E-state index is 13.9. The van der Waals surface area contributed by atoms with Crippen molar-refractivity contribution in [3.05, 3.63) is 59.5 Å². The second-order valence-corrected chi connectivity index (χ2v) is 7.20. The SMILES string of the molecule is Cc1[nH]c2ccc(F)cc2c1-c1ccccc1CN(C=O)CC(N)CCCN. The summed E-state index contributed by atoms with van der Waals surface area (Å²) in [5.41, 5.74) is 16.5. The number of halogens is 1. The lowest BCUT2D eigenvalue weighted by atomic mass is 9.96. The van der Waals surface area contributed by atoms with E-state index in [1.165, 1.54) is 6.07 Å². The molecule has 0 spiro atoms. The van der Waals surface area contributed by atoms with Gasteiger partial charge in [0.1, 0.15) is 5.82 Å². The zero-order valence-corrected chi connectivity index (χ0v) is 16.1. The van der Waals surface area contributed by atoms with Crippen LogP contribution < -0.4 is 11.5 Å². The fraction of sp³-hybridized carbons (Fsp3) is 0.318. The number of carbonyl (C=O) groups is 1. The highest BCUT2D eigenvalue weighted by molar-refractivity contribution is 5.98. The highest BCUT2D eigenvalue weighted by Gasteiger charge is 2.17. The molecule has 1 aromatic heterocycles. The first-order valence-electron chi connectivity index (χ1n) is 9.54. The molecule has 0 aliphatic heterocycles. The number of rotatable bonds is 9. The van der Waals surface area contributed by atoms with E-state index in [2.05, 4.69) is 4.98 Å². The van der Waals surface area contributed by atoms with E-state index in [0.717, 1.165) is 52.5 Å². The molecule has 0 fully saturated rings. The summed E-state index contributed by atoms with van der Waals surface area (Å²) in [4.78, 5) is 16.6. The van der Waals surface area contributed by atoms with Gasteiger partial charge in [-0.25, -0.2) is 4.39 Å². The second-order valence-electron chi connectivity index (χ2n) is 7.20. The maximum absolute atomic E-state index is 13.9. The van der Waals surface area contributed by atoms with Crippen LogP contribution in [0.3, 0.4) is 0 Å². The molecule has 1 amide bonds. The predicted octanol–water partition coefficient (Wildman–Crippen LogP) is 3.31. The molecule has 0 saturated carbocycles. The molecule has 0 saturated heterocycles. The molecular weight excluding hydrogens is 355 g/mol. The van der Waals surface area contributed by atoms with Crippen molar-refractivity contribution >= 4 is 17.3 Å². The molecule has 0 bridgehead atoms. The monoisotopic (exact) mass is 382 g/mol. The van der Waals surface area contributed by atoms with Crippen LogP contribution in [0.15, 0.2) is 42.5 Å². The van der Waals surface area contributed by atoms with Gasteiger partial charge in [0, 0.05) is 41.3 Å². The fourth-order valence-electron chi connectivity index (χ4n) is 3.68. The summed E-state index contributed by atoms with van der Waals surface area (Å²) in [5.74, 6) is -0.273. The van der Waals surface area contributed by atoms with Crippen LogP contribution in [-0.2, 0) is 11.3 Å². The Hall–Kier alpha value is -2.70. The third-order valence-electron chi connectivity index (χ3n) is 5.01. The summed E-state index contributed by atoms with van der Waals surface area (Å²) in [6, 6.07) is 12.5. The van der Waals surface area contributed by atoms with Gasteiger partial charge in [-0.15, -0.1) is 0 Å². The second kappa shape index (κ2) is 8.99. The Bertz CT molecular complexity index is 953. The van der Waals surface area contributed by atoms with Gasteiger partial charge in [-0.3, -0.25) is 4.79 Å². The van der Waals surface area contributed by atoms with Crippen LogP contribution in [0.2, 0.25) is 0 Å². The van der Waals surface area contributed by atoms with Crippen molar-refractivity contribution in [3.63, 3.8) is 0 Å². The number of nitrogens with two attached hydrogens (primary N) is 2. The minimum Gasteiger partial charge on any atom is -0.358 e. The van der Waals surface area contributed by atoms with Crippen molar-refractivity contribution in [1.29, 1.82) is 0 Å². The van der Waals surface area contributed by atoms with Gasteiger partial charge in [0.25, 0.3) is 0 Å². The Kier molecular flexibility index (Phi) is 6.44. The standard InChI is InChI=1S/C22H27FN4O/c1-15-22(20-11-17(23)8-9-21(20)26-15)19-7-3-2-5-16(19)12-27(14-28)13-18(25)6-4-10-24/h2-3,5,7-9,11,14,18,26H,4,6,10,12-13,24-25H2,1H3. The molecule has 5 N–H and O–H groups in total. The van der Waals surface area contributed by atoms with Crippen LogP contribution in [0.4, 0.5) is 4.39 Å². The molecular formula is C22H27FN4O. The molecule has 148 valence electrons. The smallest absolute Gasteiger partial charge is 0.210 e. The van der Waals surface area contributed by atoms with Gasteiger partial charge in [-0.05, 0) is 55.6 Å². The fourth-order valence-corrected chi connectivity index (χ4v) is 3.68. The number of aromatic nitrogens is 1. The van der Waals surface area contributed by atoms with E-state index in [1.807, 2.05) is 31.2 Å². The lowest BCUT2D eigenvalue weighted by Crippen LogP contribution is -2.36. The molecule has 28 heavy (non-hydrogen) atoms. The Morgan fingerprint density at radius 2 is 2.04 bits per heavy atom. The number of hydrogen-bond acceptors (Lipinski definition) is 3. The first-order chi connectivity index (χ1) is 13.5. The zero-order chi connectivity index (χ0) is 20.1. The molecule has 0 aliphatic carbocycles. The van der Waals surface area contributed by atoms with Gasteiger partial charge in [-0.1, -0.05) is 24.3 Å². The number of hydrogen-bond donors (Lipinski definition) is 3. The Balaban J connectivity index is 1.93. The van der Waals surface area contributed by atoms with Crippen LogP contribution in [0.1, 0.15) is 24.1 Å². The topological polar surface area (TPSA) is 88.1 Å². The van der Waals surface area contributed by atoms with Gasteiger partial charge in [0.2, 0.25) is 6.41 Å². The Morgan fingerprint density at radius 3 is 2.79 bits per heavy atom. The normalized spacial score (nSPS) is 12.3. The number of H-pyrrole nitrogens is 1. The lowest BCUT2D eigenvalue weighted by Gasteiger charge is -2.23. The third-order valence-corrected chi connectivity index (χ3v) is 5.01. The molecule has 0 aliphatic rings. The summed E-state index contributed by atoms with van der Waals surface area (Å²) < 4.78 is 13.9. The van der Waals surface area contributed by atoms with E-state index < -0.39 is 0 Å². The number of fused-ring (bicyclic) bond motifs is 1. The van der Waals surface area contributed by atoms with Gasteiger partial charge in [0.15, 0.2) is 0 Å². The van der Waals surface area contributed by atoms with Crippen molar-refractivity contribution in [3.8, 4) is 11.1 Å². The summed E-state index contributed by atoms with van der Waals surface area (Å²) in [5, 5.41) is 0.835.